The third-order valence-electron chi connectivity index (χ3n) is 3.20. The fraction of sp³-hybridized carbons (Fsp3) is 0.294. The van der Waals surface area contributed by atoms with Gasteiger partial charge in [0, 0.05) is 12.4 Å². The lowest BCUT2D eigenvalue weighted by Crippen LogP contribution is -2.18. The molecule has 0 aliphatic carbocycles. The van der Waals surface area contributed by atoms with Crippen molar-refractivity contribution in [1.29, 1.82) is 0 Å². The SMILES string of the molecule is CCOC(=O)C(Cl)CCc1ccc(-c2ccncc2)cc1. The molecule has 4 heteroatoms. The Morgan fingerprint density at radius 1 is 1.14 bits per heavy atom. The maximum atomic E-state index is 11.4. The highest BCUT2D eigenvalue weighted by molar-refractivity contribution is 6.29. The van der Waals surface area contributed by atoms with E-state index in [2.05, 4.69) is 29.2 Å². The number of hydrogen-bond acceptors (Lipinski definition) is 3. The number of halogens is 1. The third-order valence-corrected chi connectivity index (χ3v) is 3.59. The molecule has 1 aromatic heterocycles. The summed E-state index contributed by atoms with van der Waals surface area (Å²) in [5.41, 5.74) is 3.44. The lowest BCUT2D eigenvalue weighted by Gasteiger charge is -2.09. The van der Waals surface area contributed by atoms with Crippen LogP contribution in [0, 0.1) is 0 Å². The highest BCUT2D eigenvalue weighted by Crippen LogP contribution is 2.20. The average Bonchev–Trinajstić information content (AvgIpc) is 2.54. The summed E-state index contributed by atoms with van der Waals surface area (Å²) in [6.45, 7) is 2.14. The van der Waals surface area contributed by atoms with Crippen LogP contribution in [0.1, 0.15) is 18.9 Å². The Balaban J connectivity index is 1.93. The van der Waals surface area contributed by atoms with Gasteiger partial charge >= 0.3 is 5.97 Å². The molecule has 0 saturated carbocycles. The molecule has 110 valence electrons. The van der Waals surface area contributed by atoms with Crippen LogP contribution in [0.2, 0.25) is 0 Å². The highest BCUT2D eigenvalue weighted by atomic mass is 35.5. The van der Waals surface area contributed by atoms with Gasteiger partial charge in [-0.2, -0.15) is 0 Å². The summed E-state index contributed by atoms with van der Waals surface area (Å²) in [5.74, 6) is -0.340. The van der Waals surface area contributed by atoms with Crippen molar-refractivity contribution in [1.82, 2.24) is 4.98 Å². The van der Waals surface area contributed by atoms with Gasteiger partial charge in [-0.15, -0.1) is 11.6 Å². The maximum Gasteiger partial charge on any atom is 0.324 e. The molecule has 1 unspecified atom stereocenters. The minimum absolute atomic E-state index is 0.340. The molecule has 21 heavy (non-hydrogen) atoms. The molecular formula is C17H18ClNO2. The lowest BCUT2D eigenvalue weighted by atomic mass is 10.0. The molecule has 1 atom stereocenters. The van der Waals surface area contributed by atoms with Crippen molar-refractivity contribution in [2.45, 2.75) is 25.1 Å². The minimum atomic E-state index is -0.579. The van der Waals surface area contributed by atoms with E-state index < -0.39 is 5.38 Å². The van der Waals surface area contributed by atoms with Gasteiger partial charge in [0.1, 0.15) is 5.38 Å². The Labute approximate surface area is 129 Å². The van der Waals surface area contributed by atoms with Crippen LogP contribution in [0.25, 0.3) is 11.1 Å². The summed E-state index contributed by atoms with van der Waals surface area (Å²) in [6, 6.07) is 12.2. The molecule has 0 radical (unpaired) electrons. The molecule has 0 fully saturated rings. The van der Waals surface area contributed by atoms with E-state index in [1.54, 1.807) is 19.3 Å². The monoisotopic (exact) mass is 303 g/mol. The van der Waals surface area contributed by atoms with Gasteiger partial charge in [-0.05, 0) is 48.6 Å². The normalized spacial score (nSPS) is 11.9. The Bertz CT molecular complexity index is 569. The van der Waals surface area contributed by atoms with Gasteiger partial charge in [0.15, 0.2) is 0 Å². The fourth-order valence-corrected chi connectivity index (χ4v) is 2.22. The molecule has 0 aliphatic heterocycles. The van der Waals surface area contributed by atoms with Gasteiger partial charge in [-0.1, -0.05) is 24.3 Å². The second-order valence-corrected chi connectivity index (χ2v) is 5.22. The van der Waals surface area contributed by atoms with E-state index in [0.717, 1.165) is 23.1 Å². The zero-order valence-electron chi connectivity index (χ0n) is 12.0. The highest BCUT2D eigenvalue weighted by Gasteiger charge is 2.15. The number of carbonyl (C=O) groups is 1. The quantitative estimate of drug-likeness (QED) is 0.601. The molecule has 0 bridgehead atoms. The van der Waals surface area contributed by atoms with Crippen LogP contribution in [-0.4, -0.2) is 22.9 Å². The first-order valence-electron chi connectivity index (χ1n) is 7.00. The Morgan fingerprint density at radius 3 is 2.38 bits per heavy atom. The fourth-order valence-electron chi connectivity index (χ4n) is 2.05. The summed E-state index contributed by atoms with van der Waals surface area (Å²) in [6.07, 6.45) is 4.89. The summed E-state index contributed by atoms with van der Waals surface area (Å²) in [5, 5.41) is -0.579. The van der Waals surface area contributed by atoms with Crippen LogP contribution in [-0.2, 0) is 16.0 Å². The van der Waals surface area contributed by atoms with Gasteiger partial charge in [-0.3, -0.25) is 9.78 Å². The van der Waals surface area contributed by atoms with E-state index >= 15 is 0 Å². The van der Waals surface area contributed by atoms with Crippen molar-refractivity contribution in [2.24, 2.45) is 0 Å². The average molecular weight is 304 g/mol. The van der Waals surface area contributed by atoms with Crippen molar-refractivity contribution in [3.05, 3.63) is 54.4 Å². The van der Waals surface area contributed by atoms with Crippen LogP contribution in [0.5, 0.6) is 0 Å². The third kappa shape index (κ3) is 4.57. The van der Waals surface area contributed by atoms with Crippen LogP contribution in [0.3, 0.4) is 0 Å². The van der Waals surface area contributed by atoms with Gasteiger partial charge in [0.05, 0.1) is 6.61 Å². The number of rotatable bonds is 6. The number of hydrogen-bond donors (Lipinski definition) is 0. The minimum Gasteiger partial charge on any atom is -0.465 e. The summed E-state index contributed by atoms with van der Waals surface area (Å²) in [7, 11) is 0. The van der Waals surface area contributed by atoms with Crippen molar-refractivity contribution < 1.29 is 9.53 Å². The molecule has 0 saturated heterocycles. The molecule has 1 aromatic carbocycles. The molecule has 0 spiro atoms. The number of esters is 1. The Kier molecular flexibility index (Phi) is 5.76. The van der Waals surface area contributed by atoms with Crippen LogP contribution < -0.4 is 0 Å². The number of alkyl halides is 1. The van der Waals surface area contributed by atoms with Crippen LogP contribution in [0.4, 0.5) is 0 Å². The number of pyridine rings is 1. The molecule has 1 heterocycles. The van der Waals surface area contributed by atoms with Crippen molar-refractivity contribution in [3.63, 3.8) is 0 Å². The Hall–Kier alpha value is -1.87. The molecule has 0 N–H and O–H groups in total. The van der Waals surface area contributed by atoms with Crippen molar-refractivity contribution in [2.75, 3.05) is 6.61 Å². The second kappa shape index (κ2) is 7.79. The van der Waals surface area contributed by atoms with E-state index in [4.69, 9.17) is 16.3 Å². The van der Waals surface area contributed by atoms with E-state index in [-0.39, 0.29) is 5.97 Å². The van der Waals surface area contributed by atoms with Gasteiger partial charge in [0.2, 0.25) is 0 Å². The first-order valence-corrected chi connectivity index (χ1v) is 7.44. The molecule has 0 aliphatic rings. The van der Waals surface area contributed by atoms with Gasteiger partial charge < -0.3 is 4.74 Å². The Morgan fingerprint density at radius 2 is 1.76 bits per heavy atom. The van der Waals surface area contributed by atoms with E-state index in [1.165, 1.54) is 0 Å². The van der Waals surface area contributed by atoms with Crippen LogP contribution >= 0.6 is 11.6 Å². The smallest absolute Gasteiger partial charge is 0.324 e. The zero-order valence-corrected chi connectivity index (χ0v) is 12.7. The maximum absolute atomic E-state index is 11.4. The molecular weight excluding hydrogens is 286 g/mol. The number of aryl methyl sites for hydroxylation is 1. The van der Waals surface area contributed by atoms with Crippen molar-refractivity contribution in [3.8, 4) is 11.1 Å². The number of aromatic nitrogens is 1. The summed E-state index contributed by atoms with van der Waals surface area (Å²) in [4.78, 5) is 15.5. The molecule has 2 aromatic rings. The largest absolute Gasteiger partial charge is 0.465 e. The first-order chi connectivity index (χ1) is 10.2. The number of ether oxygens (including phenoxy) is 1. The number of benzene rings is 1. The summed E-state index contributed by atoms with van der Waals surface area (Å²) < 4.78 is 4.89. The summed E-state index contributed by atoms with van der Waals surface area (Å²) >= 11 is 6.01. The zero-order chi connectivity index (χ0) is 15.1. The topological polar surface area (TPSA) is 39.2 Å². The molecule has 0 amide bonds. The molecule has 2 rings (SSSR count). The van der Waals surface area contributed by atoms with E-state index in [1.807, 2.05) is 12.1 Å². The first kappa shape index (κ1) is 15.5. The number of nitrogens with zero attached hydrogens (tertiary/aromatic N) is 1. The van der Waals surface area contributed by atoms with E-state index in [0.29, 0.717) is 13.0 Å². The van der Waals surface area contributed by atoms with E-state index in [9.17, 15) is 4.79 Å². The standard InChI is InChI=1S/C17H18ClNO2/c1-2-21-17(20)16(18)8-5-13-3-6-14(7-4-13)15-9-11-19-12-10-15/h3-4,6-7,9-12,16H,2,5,8H2,1H3. The second-order valence-electron chi connectivity index (χ2n) is 4.69. The predicted octanol–water partition coefficient (Wildman–Crippen LogP) is 3.85. The molecule has 3 nitrogen and oxygen atoms in total. The lowest BCUT2D eigenvalue weighted by molar-refractivity contribution is -0.142. The van der Waals surface area contributed by atoms with Crippen molar-refractivity contribution >= 4 is 17.6 Å². The van der Waals surface area contributed by atoms with Gasteiger partial charge in [-0.25, -0.2) is 0 Å². The van der Waals surface area contributed by atoms with Gasteiger partial charge in [0.25, 0.3) is 0 Å². The van der Waals surface area contributed by atoms with Crippen LogP contribution in [0.15, 0.2) is 48.8 Å². The number of carbonyl (C=O) groups excluding carboxylic acids is 1. The predicted molar refractivity (Wildman–Crippen MR) is 84.3 cm³/mol.